The van der Waals surface area contributed by atoms with Crippen molar-refractivity contribution >= 4 is 27.5 Å². The van der Waals surface area contributed by atoms with Crippen molar-refractivity contribution in [1.82, 2.24) is 14.7 Å². The van der Waals surface area contributed by atoms with Crippen LogP contribution in [0, 0.1) is 5.82 Å². The SMILES string of the molecule is Cn1cc(C2CCCCN2C(=O)c2c(N)ccc(Br)c2F)cn1. The predicted molar refractivity (Wildman–Crippen MR) is 89.3 cm³/mol. The maximum atomic E-state index is 14.4. The van der Waals surface area contributed by atoms with Gasteiger partial charge in [-0.25, -0.2) is 4.39 Å². The number of amides is 1. The van der Waals surface area contributed by atoms with Crippen molar-refractivity contribution in [3.63, 3.8) is 0 Å². The Labute approximate surface area is 142 Å². The van der Waals surface area contributed by atoms with E-state index in [1.165, 1.54) is 6.07 Å². The summed E-state index contributed by atoms with van der Waals surface area (Å²) in [5.74, 6) is -0.972. The molecule has 2 aromatic rings. The van der Waals surface area contributed by atoms with Gasteiger partial charge in [-0.2, -0.15) is 5.10 Å². The molecule has 1 fully saturated rings. The van der Waals surface area contributed by atoms with Crippen LogP contribution in [-0.4, -0.2) is 27.1 Å². The first-order valence-electron chi connectivity index (χ1n) is 7.52. The maximum absolute atomic E-state index is 14.4. The highest BCUT2D eigenvalue weighted by Gasteiger charge is 2.32. The number of piperidine rings is 1. The third-order valence-corrected chi connectivity index (χ3v) is 4.83. The van der Waals surface area contributed by atoms with Crippen molar-refractivity contribution in [3.8, 4) is 0 Å². The molecule has 1 amide bonds. The Morgan fingerprint density at radius 3 is 2.91 bits per heavy atom. The van der Waals surface area contributed by atoms with Gasteiger partial charge in [0.2, 0.25) is 0 Å². The summed E-state index contributed by atoms with van der Waals surface area (Å²) in [4.78, 5) is 14.7. The molecule has 122 valence electrons. The molecule has 0 saturated carbocycles. The van der Waals surface area contributed by atoms with Crippen LogP contribution in [0.15, 0.2) is 29.0 Å². The lowest BCUT2D eigenvalue weighted by Gasteiger charge is -2.35. The summed E-state index contributed by atoms with van der Waals surface area (Å²) < 4.78 is 16.4. The Kier molecular flexibility index (Phi) is 4.39. The average Bonchev–Trinajstić information content (AvgIpc) is 2.97. The lowest BCUT2D eigenvalue weighted by Crippen LogP contribution is -2.39. The van der Waals surface area contributed by atoms with Gasteiger partial charge in [0.05, 0.1) is 22.3 Å². The molecule has 23 heavy (non-hydrogen) atoms. The molecule has 1 saturated heterocycles. The van der Waals surface area contributed by atoms with Crippen LogP contribution >= 0.6 is 15.9 Å². The van der Waals surface area contributed by atoms with Crippen molar-refractivity contribution in [2.45, 2.75) is 25.3 Å². The second-order valence-corrected chi connectivity index (χ2v) is 6.64. The van der Waals surface area contributed by atoms with Gasteiger partial charge in [-0.3, -0.25) is 9.48 Å². The molecule has 0 radical (unpaired) electrons. The fourth-order valence-corrected chi connectivity index (χ4v) is 3.39. The Hall–Kier alpha value is -1.89. The Morgan fingerprint density at radius 1 is 1.43 bits per heavy atom. The number of aryl methyl sites for hydroxylation is 1. The van der Waals surface area contributed by atoms with E-state index < -0.39 is 5.82 Å². The molecule has 7 heteroatoms. The molecule has 0 spiro atoms. The number of likely N-dealkylation sites (tertiary alicyclic amines) is 1. The molecular formula is C16H18BrFN4O. The Balaban J connectivity index is 1.98. The largest absolute Gasteiger partial charge is 0.398 e. The van der Waals surface area contributed by atoms with E-state index in [0.29, 0.717) is 6.54 Å². The van der Waals surface area contributed by atoms with Gasteiger partial charge in [0, 0.05) is 31.0 Å². The van der Waals surface area contributed by atoms with E-state index in [0.717, 1.165) is 24.8 Å². The summed E-state index contributed by atoms with van der Waals surface area (Å²) in [6.45, 7) is 0.587. The van der Waals surface area contributed by atoms with E-state index in [2.05, 4.69) is 21.0 Å². The molecule has 1 atom stereocenters. The number of nitrogens with zero attached hydrogens (tertiary/aromatic N) is 3. The van der Waals surface area contributed by atoms with Gasteiger partial charge >= 0.3 is 0 Å². The first-order chi connectivity index (χ1) is 11.0. The van der Waals surface area contributed by atoms with E-state index in [4.69, 9.17) is 5.73 Å². The minimum Gasteiger partial charge on any atom is -0.398 e. The molecule has 1 unspecified atom stereocenters. The first-order valence-corrected chi connectivity index (χ1v) is 8.31. The van der Waals surface area contributed by atoms with Gasteiger partial charge in [-0.05, 0) is 47.3 Å². The quantitative estimate of drug-likeness (QED) is 0.813. The van der Waals surface area contributed by atoms with Gasteiger partial charge in [-0.15, -0.1) is 0 Å². The van der Waals surface area contributed by atoms with Crippen LogP contribution in [0.25, 0.3) is 0 Å². The number of aromatic nitrogens is 2. The van der Waals surface area contributed by atoms with Crippen LogP contribution in [0.4, 0.5) is 10.1 Å². The van der Waals surface area contributed by atoms with Crippen LogP contribution < -0.4 is 5.73 Å². The minimum absolute atomic E-state index is 0.0600. The standard InChI is InChI=1S/C16H18BrFN4O/c1-21-9-10(8-20-21)13-4-2-3-7-22(13)16(23)14-12(19)6-5-11(17)15(14)18/h5-6,8-9,13H,2-4,7,19H2,1H3. The molecule has 1 aliphatic rings. The highest BCUT2D eigenvalue weighted by Crippen LogP contribution is 2.34. The zero-order chi connectivity index (χ0) is 16.6. The minimum atomic E-state index is -0.606. The lowest BCUT2D eigenvalue weighted by atomic mass is 9.96. The Bertz CT molecular complexity index is 746. The first kappa shape index (κ1) is 16.0. The van der Waals surface area contributed by atoms with Crippen molar-refractivity contribution in [1.29, 1.82) is 0 Å². The normalized spacial score (nSPS) is 18.2. The van der Waals surface area contributed by atoms with E-state index in [-0.39, 0.29) is 27.7 Å². The van der Waals surface area contributed by atoms with Gasteiger partial charge in [-0.1, -0.05) is 0 Å². The lowest BCUT2D eigenvalue weighted by molar-refractivity contribution is 0.0607. The number of anilines is 1. The van der Waals surface area contributed by atoms with Gasteiger partial charge in [0.15, 0.2) is 5.82 Å². The fraction of sp³-hybridized carbons (Fsp3) is 0.375. The van der Waals surface area contributed by atoms with Crippen molar-refractivity contribution < 1.29 is 9.18 Å². The number of carbonyl (C=O) groups is 1. The molecule has 2 N–H and O–H groups in total. The summed E-state index contributed by atoms with van der Waals surface area (Å²) in [5.41, 5.74) is 6.93. The molecule has 0 bridgehead atoms. The van der Waals surface area contributed by atoms with Crippen LogP contribution in [-0.2, 0) is 7.05 Å². The third kappa shape index (κ3) is 2.97. The van der Waals surface area contributed by atoms with Crippen LogP contribution in [0.2, 0.25) is 0 Å². The topological polar surface area (TPSA) is 64.2 Å². The highest BCUT2D eigenvalue weighted by molar-refractivity contribution is 9.10. The second kappa shape index (κ2) is 6.31. The van der Waals surface area contributed by atoms with Gasteiger partial charge in [0.1, 0.15) is 0 Å². The third-order valence-electron chi connectivity index (χ3n) is 4.21. The van der Waals surface area contributed by atoms with Crippen molar-refractivity contribution in [2.75, 3.05) is 12.3 Å². The summed E-state index contributed by atoms with van der Waals surface area (Å²) in [7, 11) is 1.84. The summed E-state index contributed by atoms with van der Waals surface area (Å²) >= 11 is 3.12. The number of benzene rings is 1. The molecule has 1 aliphatic heterocycles. The maximum Gasteiger partial charge on any atom is 0.259 e. The number of halogens is 2. The molecule has 1 aromatic carbocycles. The molecular weight excluding hydrogens is 363 g/mol. The van der Waals surface area contributed by atoms with Gasteiger partial charge < -0.3 is 10.6 Å². The highest BCUT2D eigenvalue weighted by atomic mass is 79.9. The van der Waals surface area contributed by atoms with E-state index in [1.54, 1.807) is 21.8 Å². The average molecular weight is 381 g/mol. The van der Waals surface area contributed by atoms with Crippen LogP contribution in [0.5, 0.6) is 0 Å². The number of nitrogens with two attached hydrogens (primary N) is 1. The van der Waals surface area contributed by atoms with E-state index in [9.17, 15) is 9.18 Å². The fourth-order valence-electron chi connectivity index (χ4n) is 3.06. The number of nitrogen functional groups attached to an aromatic ring is 1. The summed E-state index contributed by atoms with van der Waals surface area (Å²) in [6.07, 6.45) is 6.43. The predicted octanol–water partition coefficient (Wildman–Crippen LogP) is 3.27. The van der Waals surface area contributed by atoms with Crippen LogP contribution in [0.3, 0.4) is 0 Å². The smallest absolute Gasteiger partial charge is 0.259 e. The number of carbonyl (C=O) groups excluding carboxylic acids is 1. The molecule has 0 aliphatic carbocycles. The van der Waals surface area contributed by atoms with Crippen LogP contribution in [0.1, 0.15) is 41.2 Å². The summed E-state index contributed by atoms with van der Waals surface area (Å²) in [5, 5.41) is 4.18. The number of hydrogen-bond acceptors (Lipinski definition) is 3. The molecule has 3 rings (SSSR count). The van der Waals surface area contributed by atoms with Crippen molar-refractivity contribution in [3.05, 3.63) is 45.9 Å². The second-order valence-electron chi connectivity index (χ2n) is 5.78. The zero-order valence-corrected chi connectivity index (χ0v) is 14.4. The van der Waals surface area contributed by atoms with Crippen molar-refractivity contribution in [2.24, 2.45) is 7.05 Å². The monoisotopic (exact) mass is 380 g/mol. The molecule has 2 heterocycles. The van der Waals surface area contributed by atoms with E-state index >= 15 is 0 Å². The zero-order valence-electron chi connectivity index (χ0n) is 12.8. The number of rotatable bonds is 2. The van der Waals surface area contributed by atoms with Gasteiger partial charge in [0.25, 0.3) is 5.91 Å². The number of hydrogen-bond donors (Lipinski definition) is 1. The summed E-state index contributed by atoms with van der Waals surface area (Å²) in [6, 6.07) is 2.96. The molecule has 5 nitrogen and oxygen atoms in total. The van der Waals surface area contributed by atoms with E-state index in [1.807, 2.05) is 13.2 Å². The molecule has 1 aromatic heterocycles. The Morgan fingerprint density at radius 2 is 2.22 bits per heavy atom.